The van der Waals surface area contributed by atoms with Crippen LogP contribution in [-0.4, -0.2) is 35.9 Å². The fraction of sp³-hybridized carbons (Fsp3) is 0.833. The molecule has 0 aliphatic carbocycles. The second-order valence-corrected chi connectivity index (χ2v) is 1.90. The molecule has 0 aromatic heterocycles. The van der Waals surface area contributed by atoms with Gasteiger partial charge in [0.25, 0.3) is 0 Å². The normalized spacial score (nSPS) is 9.40. The van der Waals surface area contributed by atoms with Crippen molar-refractivity contribution in [3.05, 3.63) is 0 Å². The fourth-order valence-corrected chi connectivity index (χ4v) is 0.523. The highest BCUT2D eigenvalue weighted by atomic mass is 16.3. The van der Waals surface area contributed by atoms with E-state index in [1.54, 1.807) is 0 Å². The third kappa shape index (κ3) is 5.53. The number of carbonyl (C=O) groups is 1. The van der Waals surface area contributed by atoms with Gasteiger partial charge in [-0.25, -0.2) is 0 Å². The number of carbonyl (C=O) groups excluding carboxylic acids is 1. The summed E-state index contributed by atoms with van der Waals surface area (Å²) in [4.78, 5) is 10.6. The zero-order valence-electron chi connectivity index (χ0n) is 5.84. The number of amides is 1. The SMILES string of the molecule is O=C(CCCO)NCCO. The van der Waals surface area contributed by atoms with Crippen molar-refractivity contribution < 1.29 is 15.0 Å². The minimum atomic E-state index is -0.122. The number of rotatable bonds is 5. The molecule has 0 spiro atoms. The zero-order valence-corrected chi connectivity index (χ0v) is 5.84. The van der Waals surface area contributed by atoms with E-state index in [4.69, 9.17) is 10.2 Å². The summed E-state index contributed by atoms with van der Waals surface area (Å²) in [6.07, 6.45) is 0.813. The first-order chi connectivity index (χ1) is 4.81. The number of nitrogens with one attached hydrogen (secondary N) is 1. The van der Waals surface area contributed by atoms with Crippen molar-refractivity contribution in [2.24, 2.45) is 0 Å². The average molecular weight is 147 g/mol. The molecule has 0 saturated heterocycles. The van der Waals surface area contributed by atoms with Crippen LogP contribution in [0.15, 0.2) is 0 Å². The summed E-state index contributed by atoms with van der Waals surface area (Å²) in [5.74, 6) is -0.122. The van der Waals surface area contributed by atoms with Gasteiger partial charge in [-0.1, -0.05) is 0 Å². The van der Waals surface area contributed by atoms with Crippen LogP contribution in [0.1, 0.15) is 12.8 Å². The molecular formula is C6H13NO3. The highest BCUT2D eigenvalue weighted by Crippen LogP contribution is 1.84. The van der Waals surface area contributed by atoms with Gasteiger partial charge in [-0.3, -0.25) is 4.79 Å². The Hall–Kier alpha value is -0.610. The molecule has 0 rings (SSSR count). The van der Waals surface area contributed by atoms with E-state index in [1.165, 1.54) is 0 Å². The minimum Gasteiger partial charge on any atom is -0.396 e. The van der Waals surface area contributed by atoms with E-state index in [9.17, 15) is 4.79 Å². The molecule has 0 unspecified atom stereocenters. The summed E-state index contributed by atoms with van der Waals surface area (Å²) in [6.45, 7) is 0.293. The first-order valence-electron chi connectivity index (χ1n) is 3.29. The predicted octanol–water partition coefficient (Wildman–Crippen LogP) is -1.13. The Morgan fingerprint density at radius 3 is 2.50 bits per heavy atom. The lowest BCUT2D eigenvalue weighted by Crippen LogP contribution is -2.26. The maximum absolute atomic E-state index is 10.6. The van der Waals surface area contributed by atoms with Crippen molar-refractivity contribution in [3.8, 4) is 0 Å². The zero-order chi connectivity index (χ0) is 7.82. The van der Waals surface area contributed by atoms with Crippen LogP contribution >= 0.6 is 0 Å². The Morgan fingerprint density at radius 2 is 2.00 bits per heavy atom. The molecule has 0 atom stereocenters. The fourth-order valence-electron chi connectivity index (χ4n) is 0.523. The molecule has 1 amide bonds. The highest BCUT2D eigenvalue weighted by Gasteiger charge is 1.97. The maximum atomic E-state index is 10.6. The van der Waals surface area contributed by atoms with Gasteiger partial charge in [-0.2, -0.15) is 0 Å². The summed E-state index contributed by atoms with van der Waals surface area (Å²) in [5.41, 5.74) is 0. The van der Waals surface area contributed by atoms with E-state index in [-0.39, 0.29) is 19.1 Å². The Morgan fingerprint density at radius 1 is 1.30 bits per heavy atom. The Kier molecular flexibility index (Phi) is 6.11. The monoisotopic (exact) mass is 147 g/mol. The predicted molar refractivity (Wildman–Crippen MR) is 36.4 cm³/mol. The number of aliphatic hydroxyl groups excluding tert-OH is 2. The van der Waals surface area contributed by atoms with Crippen molar-refractivity contribution in [1.82, 2.24) is 5.32 Å². The molecule has 0 aromatic rings. The van der Waals surface area contributed by atoms with Crippen molar-refractivity contribution in [1.29, 1.82) is 0 Å². The third-order valence-corrected chi connectivity index (χ3v) is 0.996. The molecule has 10 heavy (non-hydrogen) atoms. The van der Waals surface area contributed by atoms with E-state index in [1.807, 2.05) is 0 Å². The van der Waals surface area contributed by atoms with Gasteiger partial charge in [0.1, 0.15) is 0 Å². The smallest absolute Gasteiger partial charge is 0.220 e. The van der Waals surface area contributed by atoms with E-state index in [0.29, 0.717) is 19.4 Å². The van der Waals surface area contributed by atoms with Gasteiger partial charge in [0.15, 0.2) is 0 Å². The van der Waals surface area contributed by atoms with Gasteiger partial charge < -0.3 is 15.5 Å². The lowest BCUT2D eigenvalue weighted by molar-refractivity contribution is -0.121. The van der Waals surface area contributed by atoms with Crippen LogP contribution in [0.3, 0.4) is 0 Å². The van der Waals surface area contributed by atoms with Crippen molar-refractivity contribution >= 4 is 5.91 Å². The van der Waals surface area contributed by atoms with Crippen LogP contribution in [0.5, 0.6) is 0 Å². The minimum absolute atomic E-state index is 0.0343. The maximum Gasteiger partial charge on any atom is 0.220 e. The highest BCUT2D eigenvalue weighted by molar-refractivity contribution is 5.75. The van der Waals surface area contributed by atoms with E-state index >= 15 is 0 Å². The van der Waals surface area contributed by atoms with E-state index in [0.717, 1.165) is 0 Å². The van der Waals surface area contributed by atoms with Crippen LogP contribution in [0.25, 0.3) is 0 Å². The summed E-state index contributed by atoms with van der Waals surface area (Å²) < 4.78 is 0. The topological polar surface area (TPSA) is 69.6 Å². The standard InChI is InChI=1S/C6H13NO3/c8-4-1-2-6(10)7-3-5-9/h8-9H,1-5H2,(H,7,10). The van der Waals surface area contributed by atoms with Gasteiger partial charge in [0.05, 0.1) is 6.61 Å². The molecule has 0 fully saturated rings. The molecule has 3 N–H and O–H groups in total. The average Bonchev–Trinajstić information content (AvgIpc) is 1.97. The quantitative estimate of drug-likeness (QED) is 0.460. The number of hydrogen-bond donors (Lipinski definition) is 3. The molecule has 0 heterocycles. The molecule has 0 aromatic carbocycles. The lowest BCUT2D eigenvalue weighted by Gasteiger charge is -2.00. The Labute approximate surface area is 59.9 Å². The van der Waals surface area contributed by atoms with Crippen LogP contribution in [0.2, 0.25) is 0 Å². The summed E-state index contributed by atoms with van der Waals surface area (Å²) in [6, 6.07) is 0. The summed E-state index contributed by atoms with van der Waals surface area (Å²) in [5, 5.41) is 19.1. The summed E-state index contributed by atoms with van der Waals surface area (Å²) >= 11 is 0. The Balaban J connectivity index is 3.09. The molecule has 0 aliphatic heterocycles. The molecular weight excluding hydrogens is 134 g/mol. The molecule has 60 valence electrons. The molecule has 0 radical (unpaired) electrons. The lowest BCUT2D eigenvalue weighted by atomic mass is 10.3. The second-order valence-electron chi connectivity index (χ2n) is 1.90. The van der Waals surface area contributed by atoms with Crippen LogP contribution in [0, 0.1) is 0 Å². The molecule has 4 heteroatoms. The number of hydrogen-bond acceptors (Lipinski definition) is 3. The second kappa shape index (κ2) is 6.51. The van der Waals surface area contributed by atoms with Crippen LogP contribution < -0.4 is 5.32 Å². The molecule has 4 nitrogen and oxygen atoms in total. The Bertz CT molecular complexity index is 85.0. The van der Waals surface area contributed by atoms with E-state index < -0.39 is 0 Å². The van der Waals surface area contributed by atoms with Crippen LogP contribution in [-0.2, 0) is 4.79 Å². The van der Waals surface area contributed by atoms with Crippen molar-refractivity contribution in [2.75, 3.05) is 19.8 Å². The number of aliphatic hydroxyl groups is 2. The third-order valence-electron chi connectivity index (χ3n) is 0.996. The molecule has 0 saturated carbocycles. The first-order valence-corrected chi connectivity index (χ1v) is 3.29. The first kappa shape index (κ1) is 9.39. The molecule has 0 aliphatic rings. The van der Waals surface area contributed by atoms with Crippen molar-refractivity contribution in [2.45, 2.75) is 12.8 Å². The van der Waals surface area contributed by atoms with Gasteiger partial charge in [-0.15, -0.1) is 0 Å². The van der Waals surface area contributed by atoms with Gasteiger partial charge in [0.2, 0.25) is 5.91 Å². The largest absolute Gasteiger partial charge is 0.396 e. The van der Waals surface area contributed by atoms with Crippen molar-refractivity contribution in [3.63, 3.8) is 0 Å². The molecule has 0 bridgehead atoms. The van der Waals surface area contributed by atoms with Gasteiger partial charge >= 0.3 is 0 Å². The van der Waals surface area contributed by atoms with Gasteiger partial charge in [0, 0.05) is 19.6 Å². The summed E-state index contributed by atoms with van der Waals surface area (Å²) in [7, 11) is 0. The van der Waals surface area contributed by atoms with Gasteiger partial charge in [-0.05, 0) is 6.42 Å². The van der Waals surface area contributed by atoms with Crippen LogP contribution in [0.4, 0.5) is 0 Å². The van der Waals surface area contributed by atoms with E-state index in [2.05, 4.69) is 5.32 Å².